The Bertz CT molecular complexity index is 700. The molecule has 0 saturated heterocycles. The Morgan fingerprint density at radius 1 is 1.19 bits per heavy atom. The molecule has 0 unspecified atom stereocenters. The van der Waals surface area contributed by atoms with E-state index in [4.69, 9.17) is 23.2 Å². The summed E-state index contributed by atoms with van der Waals surface area (Å²) in [6, 6.07) is 11.1. The molecule has 0 amide bonds. The highest BCUT2D eigenvalue weighted by molar-refractivity contribution is 6.37. The van der Waals surface area contributed by atoms with Crippen molar-refractivity contribution in [2.75, 3.05) is 5.43 Å². The van der Waals surface area contributed by atoms with E-state index in [1.54, 1.807) is 37.3 Å². The maximum atomic E-state index is 10.6. The van der Waals surface area contributed by atoms with Gasteiger partial charge in [-0.3, -0.25) is 15.5 Å². The Balaban J connectivity index is 2.14. The van der Waals surface area contributed by atoms with E-state index in [1.807, 2.05) is 0 Å². The molecule has 2 rings (SSSR count). The summed E-state index contributed by atoms with van der Waals surface area (Å²) >= 11 is 11.9. The summed E-state index contributed by atoms with van der Waals surface area (Å²) in [5.74, 6) is 0. The van der Waals surface area contributed by atoms with E-state index in [9.17, 15) is 10.1 Å². The predicted molar refractivity (Wildman–Crippen MR) is 85.4 cm³/mol. The summed E-state index contributed by atoms with van der Waals surface area (Å²) < 4.78 is 0. The van der Waals surface area contributed by atoms with Crippen LogP contribution in [-0.2, 0) is 0 Å². The third-order valence-electron chi connectivity index (χ3n) is 2.75. The van der Waals surface area contributed by atoms with Crippen LogP contribution in [0.15, 0.2) is 47.6 Å². The zero-order chi connectivity index (χ0) is 15.4. The van der Waals surface area contributed by atoms with Crippen LogP contribution in [0.1, 0.15) is 12.5 Å². The molecule has 21 heavy (non-hydrogen) atoms. The van der Waals surface area contributed by atoms with E-state index >= 15 is 0 Å². The Morgan fingerprint density at radius 3 is 2.43 bits per heavy atom. The van der Waals surface area contributed by atoms with E-state index in [1.165, 1.54) is 12.1 Å². The number of non-ortho nitro benzene ring substituents is 1. The van der Waals surface area contributed by atoms with Crippen LogP contribution in [0.3, 0.4) is 0 Å². The molecule has 2 aromatic rings. The van der Waals surface area contributed by atoms with Gasteiger partial charge in [0.05, 0.1) is 21.3 Å². The Kier molecular flexibility index (Phi) is 4.77. The summed E-state index contributed by atoms with van der Waals surface area (Å²) in [5, 5.41) is 15.8. The minimum atomic E-state index is -0.453. The zero-order valence-electron chi connectivity index (χ0n) is 11.0. The van der Waals surface area contributed by atoms with Gasteiger partial charge in [0.25, 0.3) is 5.69 Å². The van der Waals surface area contributed by atoms with Gasteiger partial charge in [-0.15, -0.1) is 0 Å². The molecule has 2 aromatic carbocycles. The van der Waals surface area contributed by atoms with Crippen molar-refractivity contribution in [3.8, 4) is 0 Å². The highest BCUT2D eigenvalue weighted by atomic mass is 35.5. The number of nitrogens with one attached hydrogen (secondary N) is 1. The van der Waals surface area contributed by atoms with Gasteiger partial charge in [0.1, 0.15) is 0 Å². The van der Waals surface area contributed by atoms with Crippen molar-refractivity contribution in [2.45, 2.75) is 6.92 Å². The van der Waals surface area contributed by atoms with Gasteiger partial charge in [-0.05, 0) is 31.2 Å². The van der Waals surface area contributed by atoms with Crippen molar-refractivity contribution in [3.63, 3.8) is 0 Å². The minimum absolute atomic E-state index is 0.0296. The van der Waals surface area contributed by atoms with E-state index in [0.29, 0.717) is 21.4 Å². The van der Waals surface area contributed by atoms with Crippen LogP contribution < -0.4 is 5.43 Å². The first-order chi connectivity index (χ1) is 9.97. The maximum Gasteiger partial charge on any atom is 0.269 e. The Morgan fingerprint density at radius 2 is 1.86 bits per heavy atom. The average Bonchev–Trinajstić information content (AvgIpc) is 2.45. The smallest absolute Gasteiger partial charge is 0.269 e. The standard InChI is InChI=1S/C14H11Cl2N3O2/c1-9(13-7-2-10(15)8-14(13)16)17-18-11-3-5-12(6-4-11)19(20)21/h2-8,18H,1H3/b17-9-. The molecule has 0 aliphatic carbocycles. The number of hydrogen-bond donors (Lipinski definition) is 1. The van der Waals surface area contributed by atoms with Crippen LogP contribution in [0.2, 0.25) is 10.0 Å². The predicted octanol–water partition coefficient (Wildman–Crippen LogP) is 4.74. The molecule has 0 spiro atoms. The molecule has 1 N–H and O–H groups in total. The SMILES string of the molecule is C/C(=N/Nc1ccc([N+](=O)[O-])cc1)c1ccc(Cl)cc1Cl. The van der Waals surface area contributed by atoms with Crippen molar-refractivity contribution < 1.29 is 4.92 Å². The summed E-state index contributed by atoms with van der Waals surface area (Å²) in [7, 11) is 0. The molecule has 0 bridgehead atoms. The fourth-order valence-electron chi connectivity index (χ4n) is 1.65. The number of nitro benzene ring substituents is 1. The normalized spacial score (nSPS) is 11.3. The molecule has 0 heterocycles. The van der Waals surface area contributed by atoms with Gasteiger partial charge in [-0.1, -0.05) is 29.3 Å². The summed E-state index contributed by atoms with van der Waals surface area (Å²) in [5.41, 5.74) is 4.93. The number of hydrazone groups is 1. The zero-order valence-corrected chi connectivity index (χ0v) is 12.5. The first-order valence-corrected chi connectivity index (χ1v) is 6.73. The Labute approximate surface area is 131 Å². The summed E-state index contributed by atoms with van der Waals surface area (Å²) in [4.78, 5) is 10.1. The molecule has 108 valence electrons. The highest BCUT2D eigenvalue weighted by Crippen LogP contribution is 2.22. The Hall–Kier alpha value is -2.11. The van der Waals surface area contributed by atoms with Gasteiger partial charge in [-0.25, -0.2) is 0 Å². The van der Waals surface area contributed by atoms with Crippen LogP contribution in [0.4, 0.5) is 11.4 Å². The second-order valence-electron chi connectivity index (χ2n) is 4.24. The lowest BCUT2D eigenvalue weighted by Gasteiger charge is -2.06. The molecule has 0 radical (unpaired) electrons. The van der Waals surface area contributed by atoms with Crippen molar-refractivity contribution in [3.05, 3.63) is 68.2 Å². The third-order valence-corrected chi connectivity index (χ3v) is 3.30. The largest absolute Gasteiger partial charge is 0.278 e. The molecule has 0 saturated carbocycles. The van der Waals surface area contributed by atoms with Gasteiger partial charge in [0.2, 0.25) is 0 Å². The number of hydrogen-bond acceptors (Lipinski definition) is 4. The molecule has 0 aromatic heterocycles. The summed E-state index contributed by atoms with van der Waals surface area (Å²) in [6.45, 7) is 1.80. The first-order valence-electron chi connectivity index (χ1n) is 5.97. The molecular weight excluding hydrogens is 313 g/mol. The van der Waals surface area contributed by atoms with Crippen LogP contribution in [0.25, 0.3) is 0 Å². The van der Waals surface area contributed by atoms with Crippen LogP contribution in [0.5, 0.6) is 0 Å². The van der Waals surface area contributed by atoms with Gasteiger partial charge < -0.3 is 0 Å². The monoisotopic (exact) mass is 323 g/mol. The lowest BCUT2D eigenvalue weighted by atomic mass is 10.1. The molecular formula is C14H11Cl2N3O2. The number of nitro groups is 1. The van der Waals surface area contributed by atoms with Crippen molar-refractivity contribution >= 4 is 40.3 Å². The van der Waals surface area contributed by atoms with E-state index in [-0.39, 0.29) is 5.69 Å². The topological polar surface area (TPSA) is 67.5 Å². The van der Waals surface area contributed by atoms with Crippen molar-refractivity contribution in [1.29, 1.82) is 0 Å². The quantitative estimate of drug-likeness (QED) is 0.502. The second-order valence-corrected chi connectivity index (χ2v) is 5.08. The first kappa shape index (κ1) is 15.3. The van der Waals surface area contributed by atoms with Crippen LogP contribution in [-0.4, -0.2) is 10.6 Å². The third kappa shape index (κ3) is 3.93. The van der Waals surface area contributed by atoms with Crippen LogP contribution >= 0.6 is 23.2 Å². The lowest BCUT2D eigenvalue weighted by Crippen LogP contribution is -2.00. The lowest BCUT2D eigenvalue weighted by molar-refractivity contribution is -0.384. The maximum absolute atomic E-state index is 10.6. The fourth-order valence-corrected chi connectivity index (χ4v) is 2.19. The summed E-state index contributed by atoms with van der Waals surface area (Å²) in [6.07, 6.45) is 0. The van der Waals surface area contributed by atoms with Crippen molar-refractivity contribution in [2.24, 2.45) is 5.10 Å². The molecule has 0 aliphatic heterocycles. The van der Waals surface area contributed by atoms with Gasteiger partial charge >= 0.3 is 0 Å². The number of anilines is 1. The number of nitrogens with zero attached hydrogens (tertiary/aromatic N) is 2. The van der Waals surface area contributed by atoms with E-state index in [0.717, 1.165) is 5.56 Å². The van der Waals surface area contributed by atoms with Crippen LogP contribution in [0, 0.1) is 10.1 Å². The van der Waals surface area contributed by atoms with Crippen molar-refractivity contribution in [1.82, 2.24) is 0 Å². The number of rotatable bonds is 4. The molecule has 7 heteroatoms. The molecule has 5 nitrogen and oxygen atoms in total. The highest BCUT2D eigenvalue weighted by Gasteiger charge is 2.06. The average molecular weight is 324 g/mol. The van der Waals surface area contributed by atoms with E-state index < -0.39 is 4.92 Å². The fraction of sp³-hybridized carbons (Fsp3) is 0.0714. The number of benzene rings is 2. The molecule has 0 fully saturated rings. The van der Waals surface area contributed by atoms with Gasteiger partial charge in [0, 0.05) is 22.7 Å². The number of halogens is 2. The van der Waals surface area contributed by atoms with E-state index in [2.05, 4.69) is 10.5 Å². The van der Waals surface area contributed by atoms with Gasteiger partial charge in [0.15, 0.2) is 0 Å². The minimum Gasteiger partial charge on any atom is -0.278 e. The second kappa shape index (κ2) is 6.56. The molecule has 0 aliphatic rings. The molecule has 0 atom stereocenters. The van der Waals surface area contributed by atoms with Gasteiger partial charge in [-0.2, -0.15) is 5.10 Å².